The van der Waals surface area contributed by atoms with E-state index in [4.69, 9.17) is 9.47 Å². The summed E-state index contributed by atoms with van der Waals surface area (Å²) in [6.45, 7) is 16.2. The van der Waals surface area contributed by atoms with Crippen LogP contribution in [0, 0.1) is 10.8 Å². The van der Waals surface area contributed by atoms with Crippen LogP contribution < -0.4 is 0 Å². The molecule has 0 saturated carbocycles. The van der Waals surface area contributed by atoms with E-state index in [2.05, 4.69) is 41.5 Å². The molecule has 17 heavy (non-hydrogen) atoms. The standard InChI is InChI=1S/C15H30O2/c1-7-13(3,4)9-14(5,8-2)10-16-11-15(6)12-17-15/h7-12H2,1-6H3. The summed E-state index contributed by atoms with van der Waals surface area (Å²) in [6.07, 6.45) is 3.63. The molecule has 0 amide bonds. The van der Waals surface area contributed by atoms with E-state index in [1.807, 2.05) is 0 Å². The van der Waals surface area contributed by atoms with Crippen molar-refractivity contribution in [2.24, 2.45) is 10.8 Å². The predicted octanol–water partition coefficient (Wildman–Crippen LogP) is 4.03. The molecule has 0 aliphatic carbocycles. The minimum atomic E-state index is 0.0227. The molecular formula is C15H30O2. The number of ether oxygens (including phenoxy) is 2. The molecule has 0 radical (unpaired) electrons. The Morgan fingerprint density at radius 3 is 2.18 bits per heavy atom. The number of hydrogen-bond acceptors (Lipinski definition) is 2. The van der Waals surface area contributed by atoms with Crippen LogP contribution in [0.3, 0.4) is 0 Å². The first-order chi connectivity index (χ1) is 7.74. The molecule has 102 valence electrons. The van der Waals surface area contributed by atoms with Gasteiger partial charge < -0.3 is 9.47 Å². The van der Waals surface area contributed by atoms with Crippen LogP contribution in [0.15, 0.2) is 0 Å². The van der Waals surface area contributed by atoms with Crippen molar-refractivity contribution in [3.8, 4) is 0 Å². The zero-order valence-corrected chi connectivity index (χ0v) is 12.6. The highest BCUT2D eigenvalue weighted by atomic mass is 16.6. The van der Waals surface area contributed by atoms with Crippen molar-refractivity contribution in [1.82, 2.24) is 0 Å². The fourth-order valence-corrected chi connectivity index (χ4v) is 2.28. The molecule has 0 aromatic heterocycles. The van der Waals surface area contributed by atoms with Crippen molar-refractivity contribution in [3.05, 3.63) is 0 Å². The fraction of sp³-hybridized carbons (Fsp3) is 1.00. The van der Waals surface area contributed by atoms with E-state index in [0.717, 1.165) is 19.8 Å². The number of hydrogen-bond donors (Lipinski definition) is 0. The third kappa shape index (κ3) is 4.97. The van der Waals surface area contributed by atoms with Gasteiger partial charge in [-0.05, 0) is 30.6 Å². The van der Waals surface area contributed by atoms with Gasteiger partial charge >= 0.3 is 0 Å². The summed E-state index contributed by atoms with van der Waals surface area (Å²) in [6, 6.07) is 0. The van der Waals surface area contributed by atoms with Crippen molar-refractivity contribution in [2.45, 2.75) is 66.4 Å². The Kier molecular flexibility index (Phi) is 4.65. The second kappa shape index (κ2) is 5.27. The van der Waals surface area contributed by atoms with E-state index in [1.54, 1.807) is 0 Å². The summed E-state index contributed by atoms with van der Waals surface area (Å²) < 4.78 is 11.2. The molecule has 1 aliphatic heterocycles. The van der Waals surface area contributed by atoms with E-state index in [9.17, 15) is 0 Å². The fourth-order valence-electron chi connectivity index (χ4n) is 2.28. The van der Waals surface area contributed by atoms with Crippen LogP contribution >= 0.6 is 0 Å². The van der Waals surface area contributed by atoms with E-state index in [1.165, 1.54) is 19.3 Å². The Hall–Kier alpha value is -0.0800. The van der Waals surface area contributed by atoms with Crippen molar-refractivity contribution in [1.29, 1.82) is 0 Å². The molecule has 1 heterocycles. The van der Waals surface area contributed by atoms with Gasteiger partial charge in [-0.3, -0.25) is 0 Å². The summed E-state index contributed by atoms with van der Waals surface area (Å²) in [5.74, 6) is 0. The zero-order chi connectivity index (χ0) is 13.2. The quantitative estimate of drug-likeness (QED) is 0.599. The van der Waals surface area contributed by atoms with Gasteiger partial charge in [0.1, 0.15) is 5.60 Å². The Morgan fingerprint density at radius 1 is 1.18 bits per heavy atom. The highest BCUT2D eigenvalue weighted by molar-refractivity contribution is 4.87. The SMILES string of the molecule is CCC(C)(C)CC(C)(CC)COCC1(C)CO1. The maximum absolute atomic E-state index is 5.88. The minimum absolute atomic E-state index is 0.0227. The number of rotatable bonds is 8. The molecule has 0 aromatic carbocycles. The summed E-state index contributed by atoms with van der Waals surface area (Å²) in [5, 5.41) is 0. The van der Waals surface area contributed by atoms with Gasteiger partial charge in [0, 0.05) is 0 Å². The molecule has 2 nitrogen and oxygen atoms in total. The van der Waals surface area contributed by atoms with Gasteiger partial charge in [0.15, 0.2) is 0 Å². The molecule has 1 rings (SSSR count). The Labute approximate surface area is 107 Å². The third-order valence-electron chi connectivity index (χ3n) is 4.21. The maximum atomic E-state index is 5.88. The van der Waals surface area contributed by atoms with Gasteiger partial charge in [0.25, 0.3) is 0 Å². The van der Waals surface area contributed by atoms with Crippen LogP contribution in [-0.4, -0.2) is 25.4 Å². The topological polar surface area (TPSA) is 21.8 Å². The summed E-state index contributed by atoms with van der Waals surface area (Å²) in [5.41, 5.74) is 0.730. The first kappa shape index (κ1) is 15.0. The maximum Gasteiger partial charge on any atom is 0.112 e. The van der Waals surface area contributed by atoms with Crippen LogP contribution in [-0.2, 0) is 9.47 Å². The first-order valence-electron chi connectivity index (χ1n) is 6.96. The van der Waals surface area contributed by atoms with E-state index >= 15 is 0 Å². The van der Waals surface area contributed by atoms with Crippen molar-refractivity contribution in [2.75, 3.05) is 19.8 Å². The zero-order valence-electron chi connectivity index (χ0n) is 12.6. The molecule has 2 unspecified atom stereocenters. The van der Waals surface area contributed by atoms with E-state index in [-0.39, 0.29) is 5.60 Å². The molecule has 1 saturated heterocycles. The lowest BCUT2D eigenvalue weighted by atomic mass is 9.72. The van der Waals surface area contributed by atoms with Gasteiger partial charge in [0.05, 0.1) is 19.8 Å². The van der Waals surface area contributed by atoms with Crippen molar-refractivity contribution < 1.29 is 9.47 Å². The monoisotopic (exact) mass is 242 g/mol. The molecular weight excluding hydrogens is 212 g/mol. The summed E-state index contributed by atoms with van der Waals surface area (Å²) >= 11 is 0. The second-order valence-corrected chi connectivity index (χ2v) is 7.09. The molecule has 0 N–H and O–H groups in total. The minimum Gasteiger partial charge on any atom is -0.378 e. The Morgan fingerprint density at radius 2 is 1.76 bits per heavy atom. The van der Waals surface area contributed by atoms with Gasteiger partial charge in [-0.15, -0.1) is 0 Å². The molecule has 0 aromatic rings. The predicted molar refractivity (Wildman–Crippen MR) is 72.3 cm³/mol. The molecule has 2 atom stereocenters. The van der Waals surface area contributed by atoms with Crippen molar-refractivity contribution in [3.63, 3.8) is 0 Å². The largest absolute Gasteiger partial charge is 0.378 e. The lowest BCUT2D eigenvalue weighted by molar-refractivity contribution is 0.00345. The second-order valence-electron chi connectivity index (χ2n) is 7.09. The van der Waals surface area contributed by atoms with Gasteiger partial charge in [-0.2, -0.15) is 0 Å². The normalized spacial score (nSPS) is 27.9. The lowest BCUT2D eigenvalue weighted by Gasteiger charge is -2.36. The van der Waals surface area contributed by atoms with E-state index < -0.39 is 0 Å². The van der Waals surface area contributed by atoms with E-state index in [0.29, 0.717) is 10.8 Å². The molecule has 2 heteroatoms. The smallest absolute Gasteiger partial charge is 0.112 e. The van der Waals surface area contributed by atoms with Crippen LogP contribution in [0.25, 0.3) is 0 Å². The summed E-state index contributed by atoms with van der Waals surface area (Å²) in [4.78, 5) is 0. The molecule has 0 spiro atoms. The van der Waals surface area contributed by atoms with Gasteiger partial charge in [-0.25, -0.2) is 0 Å². The Balaban J connectivity index is 2.38. The van der Waals surface area contributed by atoms with Crippen LogP contribution in [0.2, 0.25) is 0 Å². The summed E-state index contributed by atoms with van der Waals surface area (Å²) in [7, 11) is 0. The third-order valence-corrected chi connectivity index (χ3v) is 4.21. The molecule has 1 fully saturated rings. The van der Waals surface area contributed by atoms with Crippen LogP contribution in [0.4, 0.5) is 0 Å². The number of epoxide rings is 1. The van der Waals surface area contributed by atoms with Crippen LogP contribution in [0.1, 0.15) is 60.8 Å². The first-order valence-corrected chi connectivity index (χ1v) is 6.96. The van der Waals surface area contributed by atoms with Gasteiger partial charge in [-0.1, -0.05) is 41.0 Å². The van der Waals surface area contributed by atoms with Crippen molar-refractivity contribution >= 4 is 0 Å². The molecule has 1 aliphatic rings. The Bertz CT molecular complexity index is 243. The molecule has 0 bridgehead atoms. The highest BCUT2D eigenvalue weighted by Gasteiger charge is 2.40. The van der Waals surface area contributed by atoms with Gasteiger partial charge in [0.2, 0.25) is 0 Å². The average Bonchev–Trinajstić information content (AvgIpc) is 2.96. The lowest BCUT2D eigenvalue weighted by Crippen LogP contribution is -2.31. The average molecular weight is 242 g/mol. The highest BCUT2D eigenvalue weighted by Crippen LogP contribution is 2.39. The van der Waals surface area contributed by atoms with Crippen LogP contribution in [0.5, 0.6) is 0 Å².